The second kappa shape index (κ2) is 7.11. The number of pyridine rings is 1. The van der Waals surface area contributed by atoms with Crippen molar-refractivity contribution >= 4 is 5.82 Å². The molecule has 0 spiro atoms. The number of aromatic nitrogens is 2. The first-order valence-electron chi connectivity index (χ1n) is 8.65. The maximum absolute atomic E-state index is 5.75. The Morgan fingerprint density at radius 3 is 3.04 bits per heavy atom. The average molecular weight is 338 g/mol. The van der Waals surface area contributed by atoms with E-state index in [2.05, 4.69) is 20.2 Å². The van der Waals surface area contributed by atoms with Crippen molar-refractivity contribution in [3.05, 3.63) is 54.2 Å². The molecule has 4 heterocycles. The van der Waals surface area contributed by atoms with Crippen molar-refractivity contribution in [1.82, 2.24) is 14.9 Å². The largest absolute Gasteiger partial charge is 0.459 e. The fourth-order valence-electron chi connectivity index (χ4n) is 3.23. The lowest BCUT2D eigenvalue weighted by molar-refractivity contribution is 0.313. The molecule has 130 valence electrons. The van der Waals surface area contributed by atoms with Crippen LogP contribution in [-0.2, 0) is 6.54 Å². The van der Waals surface area contributed by atoms with Gasteiger partial charge in [0.25, 0.3) is 5.89 Å². The molecule has 3 aromatic rings. The Kier molecular flexibility index (Phi) is 4.52. The highest BCUT2D eigenvalue weighted by molar-refractivity contribution is 5.44. The number of nitrogens with zero attached hydrogens (tertiary/aromatic N) is 3. The number of rotatable bonds is 6. The zero-order chi connectivity index (χ0) is 17.1. The fraction of sp³-hybridized carbons (Fsp3) is 0.368. The second-order valence-electron chi connectivity index (χ2n) is 6.48. The van der Waals surface area contributed by atoms with Gasteiger partial charge in [-0.2, -0.15) is 0 Å². The summed E-state index contributed by atoms with van der Waals surface area (Å²) in [7, 11) is 0. The molecule has 1 atom stereocenters. The highest BCUT2D eigenvalue weighted by Crippen LogP contribution is 2.25. The Morgan fingerprint density at radius 2 is 2.24 bits per heavy atom. The van der Waals surface area contributed by atoms with Gasteiger partial charge >= 0.3 is 0 Å². The van der Waals surface area contributed by atoms with E-state index in [4.69, 9.17) is 8.83 Å². The van der Waals surface area contributed by atoms with Gasteiger partial charge in [0, 0.05) is 25.8 Å². The highest BCUT2D eigenvalue weighted by Gasteiger charge is 2.24. The number of hydrogen-bond donors (Lipinski definition) is 1. The number of nitrogens with one attached hydrogen (secondary N) is 1. The molecule has 0 bridgehead atoms. The summed E-state index contributed by atoms with van der Waals surface area (Å²) in [6, 6.07) is 9.64. The molecular formula is C19H22N4O2. The van der Waals surface area contributed by atoms with Crippen LogP contribution in [0.3, 0.4) is 0 Å². The molecule has 0 saturated carbocycles. The fourth-order valence-corrected chi connectivity index (χ4v) is 3.23. The number of oxazole rings is 1. The minimum Gasteiger partial charge on any atom is -0.459 e. The molecular weight excluding hydrogens is 316 g/mol. The van der Waals surface area contributed by atoms with Crippen molar-refractivity contribution in [3.8, 4) is 11.7 Å². The molecule has 1 saturated heterocycles. The van der Waals surface area contributed by atoms with Crippen LogP contribution in [-0.4, -0.2) is 34.5 Å². The van der Waals surface area contributed by atoms with Crippen LogP contribution in [0.5, 0.6) is 0 Å². The lowest BCUT2D eigenvalue weighted by Gasteiger charge is -2.15. The third-order valence-corrected chi connectivity index (χ3v) is 4.60. The van der Waals surface area contributed by atoms with E-state index in [1.165, 1.54) is 6.42 Å². The predicted octanol–water partition coefficient (Wildman–Crippen LogP) is 3.57. The van der Waals surface area contributed by atoms with Crippen LogP contribution in [0.2, 0.25) is 0 Å². The van der Waals surface area contributed by atoms with Crippen molar-refractivity contribution in [1.29, 1.82) is 0 Å². The van der Waals surface area contributed by atoms with Crippen LogP contribution in [0.15, 0.2) is 51.6 Å². The predicted molar refractivity (Wildman–Crippen MR) is 95.1 cm³/mol. The zero-order valence-electron chi connectivity index (χ0n) is 14.3. The summed E-state index contributed by atoms with van der Waals surface area (Å²) in [5.74, 6) is 3.66. The molecule has 1 fully saturated rings. The summed E-state index contributed by atoms with van der Waals surface area (Å²) in [5, 5.41) is 3.42. The van der Waals surface area contributed by atoms with Gasteiger partial charge in [0.1, 0.15) is 11.6 Å². The normalized spacial score (nSPS) is 17.9. The van der Waals surface area contributed by atoms with Gasteiger partial charge in [-0.25, -0.2) is 9.97 Å². The molecule has 3 aromatic heterocycles. The van der Waals surface area contributed by atoms with Crippen molar-refractivity contribution in [2.75, 3.05) is 25.0 Å². The van der Waals surface area contributed by atoms with Gasteiger partial charge in [-0.3, -0.25) is 4.90 Å². The van der Waals surface area contributed by atoms with E-state index in [1.54, 1.807) is 6.26 Å². The number of anilines is 1. The van der Waals surface area contributed by atoms with Crippen LogP contribution in [0, 0.1) is 12.8 Å². The number of aryl methyl sites for hydroxylation is 1. The maximum atomic E-state index is 5.75. The molecule has 1 aliphatic rings. The van der Waals surface area contributed by atoms with E-state index in [0.29, 0.717) is 17.6 Å². The van der Waals surface area contributed by atoms with E-state index in [9.17, 15) is 0 Å². The van der Waals surface area contributed by atoms with E-state index in [-0.39, 0.29) is 0 Å². The molecule has 1 aliphatic heterocycles. The average Bonchev–Trinajstić information content (AvgIpc) is 3.37. The third kappa shape index (κ3) is 3.74. The molecule has 0 aliphatic carbocycles. The SMILES string of the molecule is Cc1oc(-c2ccco2)nc1CN1CC[C@@H](CNc2ccccn2)C1. The van der Waals surface area contributed by atoms with E-state index >= 15 is 0 Å². The van der Waals surface area contributed by atoms with Gasteiger partial charge in [-0.05, 0) is 50.1 Å². The van der Waals surface area contributed by atoms with Crippen molar-refractivity contribution in [2.45, 2.75) is 19.9 Å². The molecule has 0 unspecified atom stereocenters. The first-order chi connectivity index (χ1) is 12.3. The Morgan fingerprint density at radius 1 is 1.28 bits per heavy atom. The molecule has 0 aromatic carbocycles. The van der Waals surface area contributed by atoms with Crippen molar-refractivity contribution in [3.63, 3.8) is 0 Å². The van der Waals surface area contributed by atoms with Gasteiger partial charge in [0.05, 0.1) is 12.0 Å². The van der Waals surface area contributed by atoms with Crippen LogP contribution >= 0.6 is 0 Å². The van der Waals surface area contributed by atoms with Crippen LogP contribution in [0.1, 0.15) is 17.9 Å². The summed E-state index contributed by atoms with van der Waals surface area (Å²) in [6.45, 7) is 5.86. The molecule has 4 rings (SSSR count). The van der Waals surface area contributed by atoms with Crippen molar-refractivity contribution in [2.24, 2.45) is 5.92 Å². The first-order valence-corrected chi connectivity index (χ1v) is 8.65. The van der Waals surface area contributed by atoms with Crippen LogP contribution < -0.4 is 5.32 Å². The zero-order valence-corrected chi connectivity index (χ0v) is 14.3. The van der Waals surface area contributed by atoms with E-state index < -0.39 is 0 Å². The van der Waals surface area contributed by atoms with Gasteiger partial charge < -0.3 is 14.2 Å². The van der Waals surface area contributed by atoms with Crippen molar-refractivity contribution < 1.29 is 8.83 Å². The molecule has 25 heavy (non-hydrogen) atoms. The highest BCUT2D eigenvalue weighted by atomic mass is 16.4. The molecule has 6 heteroatoms. The smallest absolute Gasteiger partial charge is 0.263 e. The number of hydrogen-bond acceptors (Lipinski definition) is 6. The summed E-state index contributed by atoms with van der Waals surface area (Å²) in [4.78, 5) is 11.3. The quantitative estimate of drug-likeness (QED) is 0.741. The van der Waals surface area contributed by atoms with Crippen LogP contribution in [0.25, 0.3) is 11.7 Å². The van der Waals surface area contributed by atoms with Gasteiger partial charge in [-0.1, -0.05) is 6.07 Å². The maximum Gasteiger partial charge on any atom is 0.263 e. The van der Waals surface area contributed by atoms with Gasteiger partial charge in [0.15, 0.2) is 5.76 Å². The molecule has 1 N–H and O–H groups in total. The molecule has 6 nitrogen and oxygen atoms in total. The van der Waals surface area contributed by atoms with E-state index in [1.807, 2.05) is 43.5 Å². The van der Waals surface area contributed by atoms with Crippen LogP contribution in [0.4, 0.5) is 5.82 Å². The number of furan rings is 1. The Bertz CT molecular complexity index is 798. The summed E-state index contributed by atoms with van der Waals surface area (Å²) in [5.41, 5.74) is 0.990. The molecule has 0 amide bonds. The second-order valence-corrected chi connectivity index (χ2v) is 6.48. The summed E-state index contributed by atoms with van der Waals surface area (Å²) < 4.78 is 11.1. The summed E-state index contributed by atoms with van der Waals surface area (Å²) >= 11 is 0. The summed E-state index contributed by atoms with van der Waals surface area (Å²) in [6.07, 6.45) is 4.63. The van der Waals surface area contributed by atoms with Gasteiger partial charge in [0.2, 0.25) is 0 Å². The van der Waals surface area contributed by atoms with Gasteiger partial charge in [-0.15, -0.1) is 0 Å². The lowest BCUT2D eigenvalue weighted by atomic mass is 10.1. The molecule has 0 radical (unpaired) electrons. The van der Waals surface area contributed by atoms with E-state index in [0.717, 1.165) is 43.5 Å². The Labute approximate surface area is 146 Å². The third-order valence-electron chi connectivity index (χ3n) is 4.60. The lowest BCUT2D eigenvalue weighted by Crippen LogP contribution is -2.23. The Balaban J connectivity index is 1.32. The monoisotopic (exact) mass is 338 g/mol. The first kappa shape index (κ1) is 15.9. The minimum atomic E-state index is 0.560. The standard InChI is InChI=1S/C19H22N4O2/c1-14-16(22-19(25-14)17-5-4-10-24-17)13-23-9-7-15(12-23)11-21-18-6-2-3-8-20-18/h2-6,8,10,15H,7,9,11-13H2,1H3,(H,20,21)/t15-/m0/s1. The Hall–Kier alpha value is -2.60. The number of likely N-dealkylation sites (tertiary alicyclic amines) is 1. The topological polar surface area (TPSA) is 67.3 Å². The minimum absolute atomic E-state index is 0.560.